The van der Waals surface area contributed by atoms with Gasteiger partial charge < -0.3 is 14.1 Å². The van der Waals surface area contributed by atoms with Gasteiger partial charge in [0.2, 0.25) is 26.6 Å². The van der Waals surface area contributed by atoms with E-state index < -0.39 is 9.84 Å². The van der Waals surface area contributed by atoms with Crippen molar-refractivity contribution in [1.29, 1.82) is 0 Å². The quantitative estimate of drug-likeness (QED) is 0.575. The Labute approximate surface area is 175 Å². The Morgan fingerprint density at radius 3 is 2.38 bits per heavy atom. The highest BCUT2D eigenvalue weighted by atomic mass is 35.5. The Bertz CT molecular complexity index is 1100. The predicted octanol–water partition coefficient (Wildman–Crippen LogP) is 4.83. The van der Waals surface area contributed by atoms with Crippen LogP contribution in [0, 0.1) is 0 Å². The Kier molecular flexibility index (Phi) is 5.52. The minimum atomic E-state index is -3.89. The summed E-state index contributed by atoms with van der Waals surface area (Å²) in [6.45, 7) is 1.45. The first-order chi connectivity index (χ1) is 14.0. The zero-order valence-corrected chi connectivity index (χ0v) is 17.5. The number of aromatic nitrogens is 1. The summed E-state index contributed by atoms with van der Waals surface area (Å²) in [5.41, 5.74) is 0.559. The van der Waals surface area contributed by atoms with E-state index >= 15 is 0 Å². The molecule has 0 atom stereocenters. The van der Waals surface area contributed by atoms with E-state index in [-0.39, 0.29) is 21.7 Å². The van der Waals surface area contributed by atoms with Crippen molar-refractivity contribution in [3.8, 4) is 17.2 Å². The number of piperidine rings is 1. The maximum Gasteiger partial charge on any atom is 0.236 e. The zero-order chi connectivity index (χ0) is 20.4. The number of ether oxygens (including phenoxy) is 1. The molecule has 1 aliphatic heterocycles. The van der Waals surface area contributed by atoms with E-state index in [1.807, 2.05) is 11.0 Å². The first-order valence-corrected chi connectivity index (χ1v) is 11.3. The van der Waals surface area contributed by atoms with Gasteiger partial charge in [-0.2, -0.15) is 4.98 Å². The molecule has 0 N–H and O–H groups in total. The summed E-state index contributed by atoms with van der Waals surface area (Å²) in [6.07, 6.45) is 3.07. The van der Waals surface area contributed by atoms with Crippen LogP contribution in [-0.4, -0.2) is 33.6 Å². The Morgan fingerprint density at radius 1 is 1.03 bits per heavy atom. The normalized spacial score (nSPS) is 14.8. The van der Waals surface area contributed by atoms with Crippen molar-refractivity contribution in [2.75, 3.05) is 25.1 Å². The molecule has 2 aromatic carbocycles. The molecule has 3 aromatic rings. The summed E-state index contributed by atoms with van der Waals surface area (Å²) in [5.74, 6) is 1.05. The second-order valence-corrected chi connectivity index (χ2v) is 9.11. The number of hydrogen-bond donors (Lipinski definition) is 0. The van der Waals surface area contributed by atoms with Crippen molar-refractivity contribution >= 4 is 27.3 Å². The van der Waals surface area contributed by atoms with Crippen molar-refractivity contribution in [1.82, 2.24) is 4.98 Å². The lowest BCUT2D eigenvalue weighted by Gasteiger charge is -2.26. The van der Waals surface area contributed by atoms with Crippen molar-refractivity contribution in [3.05, 3.63) is 53.6 Å². The molecule has 1 aromatic heterocycles. The van der Waals surface area contributed by atoms with Gasteiger partial charge in [0, 0.05) is 13.1 Å². The average Bonchev–Trinajstić information content (AvgIpc) is 3.21. The van der Waals surface area contributed by atoms with Crippen LogP contribution in [0.25, 0.3) is 11.5 Å². The maximum absolute atomic E-state index is 13.4. The summed E-state index contributed by atoms with van der Waals surface area (Å²) in [6, 6.07) is 13.3. The first-order valence-electron chi connectivity index (χ1n) is 9.40. The molecule has 1 saturated heterocycles. The van der Waals surface area contributed by atoms with Crippen LogP contribution in [0.5, 0.6) is 5.75 Å². The lowest BCUT2D eigenvalue weighted by Crippen LogP contribution is -2.30. The summed E-state index contributed by atoms with van der Waals surface area (Å²) in [5, 5.41) is 0.367. The second-order valence-electron chi connectivity index (χ2n) is 6.84. The third-order valence-electron chi connectivity index (χ3n) is 4.95. The molecule has 4 rings (SSSR count). The molecule has 1 fully saturated rings. The van der Waals surface area contributed by atoms with Crippen LogP contribution >= 0.6 is 11.6 Å². The molecular weight excluding hydrogens is 412 g/mol. The number of benzene rings is 2. The summed E-state index contributed by atoms with van der Waals surface area (Å²) < 4.78 is 37.9. The number of hydrogen-bond acceptors (Lipinski definition) is 6. The van der Waals surface area contributed by atoms with Crippen molar-refractivity contribution in [3.63, 3.8) is 0 Å². The van der Waals surface area contributed by atoms with E-state index in [9.17, 15) is 8.42 Å². The molecule has 152 valence electrons. The van der Waals surface area contributed by atoms with Gasteiger partial charge >= 0.3 is 0 Å². The van der Waals surface area contributed by atoms with Gasteiger partial charge in [-0.1, -0.05) is 23.7 Å². The Morgan fingerprint density at radius 2 is 1.72 bits per heavy atom. The molecule has 0 aliphatic carbocycles. The number of sulfone groups is 1. The standard InChI is InChI=1S/C21H21ClN2O4S/c1-27-15-9-11-16(12-10-15)29(25,26)20-21(24-13-5-2-6-14-24)28-19(23-20)17-7-3-4-8-18(17)22/h3-4,7-12H,2,5-6,13-14H2,1H3. The SMILES string of the molecule is COc1ccc(S(=O)(=O)c2nc(-c3ccccc3Cl)oc2N2CCCCC2)cc1. The molecular formula is C21H21ClN2O4S. The van der Waals surface area contributed by atoms with E-state index in [2.05, 4.69) is 4.98 Å². The van der Waals surface area contributed by atoms with E-state index in [1.165, 1.54) is 19.2 Å². The molecule has 8 heteroatoms. The molecule has 6 nitrogen and oxygen atoms in total. The van der Waals surface area contributed by atoms with Crippen LogP contribution < -0.4 is 9.64 Å². The van der Waals surface area contributed by atoms with Gasteiger partial charge in [-0.05, 0) is 55.7 Å². The highest BCUT2D eigenvalue weighted by Crippen LogP contribution is 2.37. The topological polar surface area (TPSA) is 72.6 Å². The zero-order valence-electron chi connectivity index (χ0n) is 16.0. The lowest BCUT2D eigenvalue weighted by atomic mass is 10.1. The van der Waals surface area contributed by atoms with Crippen LogP contribution in [0.1, 0.15) is 19.3 Å². The summed E-state index contributed by atoms with van der Waals surface area (Å²) in [7, 11) is -2.36. The van der Waals surface area contributed by atoms with Gasteiger partial charge in [-0.15, -0.1) is 0 Å². The number of halogens is 1. The largest absolute Gasteiger partial charge is 0.497 e. The third kappa shape index (κ3) is 3.84. The van der Waals surface area contributed by atoms with Gasteiger partial charge in [0.25, 0.3) is 0 Å². The maximum atomic E-state index is 13.4. The van der Waals surface area contributed by atoms with Gasteiger partial charge in [0.05, 0.1) is 22.6 Å². The Balaban J connectivity index is 1.84. The number of oxazole rings is 1. The fraction of sp³-hybridized carbons (Fsp3) is 0.286. The minimum absolute atomic E-state index is 0.0838. The molecule has 0 spiro atoms. The van der Waals surface area contributed by atoms with Crippen molar-refractivity contribution in [2.24, 2.45) is 0 Å². The average molecular weight is 433 g/mol. The van der Waals surface area contributed by atoms with E-state index in [1.54, 1.807) is 30.3 Å². The van der Waals surface area contributed by atoms with E-state index in [4.69, 9.17) is 20.8 Å². The molecule has 0 bridgehead atoms. The molecule has 0 unspecified atom stereocenters. The molecule has 29 heavy (non-hydrogen) atoms. The molecule has 0 amide bonds. The minimum Gasteiger partial charge on any atom is -0.497 e. The monoisotopic (exact) mass is 432 g/mol. The van der Waals surface area contributed by atoms with Gasteiger partial charge in [0.15, 0.2) is 0 Å². The number of nitrogens with zero attached hydrogens (tertiary/aromatic N) is 2. The van der Waals surface area contributed by atoms with Crippen molar-refractivity contribution < 1.29 is 17.6 Å². The van der Waals surface area contributed by atoms with Crippen LogP contribution in [0.15, 0.2) is 62.9 Å². The van der Waals surface area contributed by atoms with E-state index in [0.717, 1.165) is 32.4 Å². The first kappa shape index (κ1) is 19.8. The predicted molar refractivity (Wildman–Crippen MR) is 111 cm³/mol. The van der Waals surface area contributed by atoms with Crippen LogP contribution in [0.4, 0.5) is 5.88 Å². The molecule has 0 saturated carbocycles. The molecule has 2 heterocycles. The van der Waals surface area contributed by atoms with Crippen molar-refractivity contribution in [2.45, 2.75) is 29.2 Å². The fourth-order valence-electron chi connectivity index (χ4n) is 3.39. The van der Waals surface area contributed by atoms with Gasteiger partial charge in [-0.3, -0.25) is 0 Å². The molecule has 1 aliphatic rings. The smallest absolute Gasteiger partial charge is 0.236 e. The summed E-state index contributed by atoms with van der Waals surface area (Å²) >= 11 is 6.29. The Hall–Kier alpha value is -2.51. The number of anilines is 1. The molecule has 0 radical (unpaired) electrons. The van der Waals surface area contributed by atoms with E-state index in [0.29, 0.717) is 16.3 Å². The van der Waals surface area contributed by atoms with Crippen LogP contribution in [-0.2, 0) is 9.84 Å². The highest BCUT2D eigenvalue weighted by Gasteiger charge is 2.32. The van der Waals surface area contributed by atoms with Crippen LogP contribution in [0.3, 0.4) is 0 Å². The summed E-state index contributed by atoms with van der Waals surface area (Å²) in [4.78, 5) is 6.48. The van der Waals surface area contributed by atoms with Gasteiger partial charge in [-0.25, -0.2) is 8.42 Å². The lowest BCUT2D eigenvalue weighted by molar-refractivity contribution is 0.414. The van der Waals surface area contributed by atoms with Gasteiger partial charge in [0.1, 0.15) is 5.75 Å². The highest BCUT2D eigenvalue weighted by molar-refractivity contribution is 7.91. The number of methoxy groups -OCH3 is 1. The number of rotatable bonds is 5. The van der Waals surface area contributed by atoms with Crippen LogP contribution in [0.2, 0.25) is 5.02 Å². The third-order valence-corrected chi connectivity index (χ3v) is 6.95. The second kappa shape index (κ2) is 8.08. The fourth-order valence-corrected chi connectivity index (χ4v) is 4.92.